The van der Waals surface area contributed by atoms with Crippen molar-refractivity contribution in [3.05, 3.63) is 56.5 Å². The number of benzene rings is 2. The average Bonchev–Trinajstić information content (AvgIpc) is 2.51. The molecular weight excluding hydrogens is 422 g/mol. The molecule has 0 aliphatic carbocycles. The largest absolute Gasteiger partial charge is 0.480 e. The maximum atomic E-state index is 12.5. The monoisotopic (exact) mass is 439 g/mol. The van der Waals surface area contributed by atoms with Crippen molar-refractivity contribution in [3.8, 4) is 5.75 Å². The molecule has 0 saturated carbocycles. The van der Waals surface area contributed by atoms with Gasteiger partial charge >= 0.3 is 0 Å². The minimum absolute atomic E-state index is 0.163. The third-order valence-electron chi connectivity index (χ3n) is 3.56. The highest BCUT2D eigenvalue weighted by Crippen LogP contribution is 2.29. The van der Waals surface area contributed by atoms with E-state index < -0.39 is 6.10 Å². The van der Waals surface area contributed by atoms with E-state index in [9.17, 15) is 4.79 Å². The van der Waals surface area contributed by atoms with Gasteiger partial charge in [-0.3, -0.25) is 4.79 Å². The van der Waals surface area contributed by atoms with Crippen LogP contribution < -0.4 is 10.1 Å². The summed E-state index contributed by atoms with van der Waals surface area (Å²) in [6.07, 6.45) is 0.266. The Hall–Kier alpha value is -1.33. The summed E-state index contributed by atoms with van der Waals surface area (Å²) in [6, 6.07) is 11.6. The molecule has 0 radical (unpaired) electrons. The Labute approximate surface area is 153 Å². The molecule has 2 rings (SSSR count). The quantitative estimate of drug-likeness (QED) is 0.667. The standard InChI is InChI=1S/C18H19Br2NO2/c1-4-13-7-5-6-11(2)17(13)21-18(22)12(3)23-16-9-8-14(19)10-15(16)20/h5-10,12H,4H2,1-3H3,(H,21,22). The molecule has 5 heteroatoms. The molecule has 0 spiro atoms. The van der Waals surface area contributed by atoms with Crippen LogP contribution in [0.3, 0.4) is 0 Å². The third-order valence-corrected chi connectivity index (χ3v) is 4.67. The van der Waals surface area contributed by atoms with Crippen molar-refractivity contribution in [1.82, 2.24) is 0 Å². The topological polar surface area (TPSA) is 38.3 Å². The van der Waals surface area contributed by atoms with E-state index in [4.69, 9.17) is 4.74 Å². The second kappa shape index (κ2) is 7.97. The second-order valence-corrected chi connectivity index (χ2v) is 7.06. The Morgan fingerprint density at radius 3 is 2.65 bits per heavy atom. The number of para-hydroxylation sites is 1. The molecule has 0 fully saturated rings. The first-order chi connectivity index (χ1) is 10.9. The Bertz CT molecular complexity index is 716. The molecule has 1 unspecified atom stereocenters. The van der Waals surface area contributed by atoms with E-state index in [0.717, 1.165) is 32.2 Å². The zero-order valence-electron chi connectivity index (χ0n) is 13.3. The fourth-order valence-corrected chi connectivity index (χ4v) is 3.38. The van der Waals surface area contributed by atoms with Crippen molar-refractivity contribution in [2.45, 2.75) is 33.3 Å². The summed E-state index contributed by atoms with van der Waals surface area (Å²) in [4.78, 5) is 12.5. The molecule has 2 aromatic rings. The fraction of sp³-hybridized carbons (Fsp3) is 0.278. The van der Waals surface area contributed by atoms with Crippen molar-refractivity contribution < 1.29 is 9.53 Å². The minimum atomic E-state index is -0.600. The van der Waals surface area contributed by atoms with Gasteiger partial charge in [-0.25, -0.2) is 0 Å². The summed E-state index contributed by atoms with van der Waals surface area (Å²) < 4.78 is 7.52. The molecule has 1 amide bonds. The Kier molecular flexibility index (Phi) is 6.25. The van der Waals surface area contributed by atoms with Crippen LogP contribution in [0.2, 0.25) is 0 Å². The van der Waals surface area contributed by atoms with Crippen LogP contribution >= 0.6 is 31.9 Å². The fourth-order valence-electron chi connectivity index (χ4n) is 2.24. The predicted molar refractivity (Wildman–Crippen MR) is 101 cm³/mol. The summed E-state index contributed by atoms with van der Waals surface area (Å²) >= 11 is 6.83. The van der Waals surface area contributed by atoms with Gasteiger partial charge in [-0.1, -0.05) is 41.1 Å². The van der Waals surface area contributed by atoms with E-state index in [1.165, 1.54) is 0 Å². The highest BCUT2D eigenvalue weighted by atomic mass is 79.9. The SMILES string of the molecule is CCc1cccc(C)c1NC(=O)C(C)Oc1ccc(Br)cc1Br. The summed E-state index contributed by atoms with van der Waals surface area (Å²) in [5, 5.41) is 2.99. The lowest BCUT2D eigenvalue weighted by molar-refractivity contribution is -0.122. The normalized spacial score (nSPS) is 11.9. The number of ether oxygens (including phenoxy) is 1. The lowest BCUT2D eigenvalue weighted by Gasteiger charge is -2.18. The number of carbonyl (C=O) groups is 1. The molecule has 0 bridgehead atoms. The first-order valence-electron chi connectivity index (χ1n) is 7.43. The van der Waals surface area contributed by atoms with Crippen LogP contribution in [0, 0.1) is 6.92 Å². The first kappa shape index (κ1) is 18.0. The van der Waals surface area contributed by atoms with Crippen LogP contribution in [-0.4, -0.2) is 12.0 Å². The zero-order chi connectivity index (χ0) is 17.0. The predicted octanol–water partition coefficient (Wildman–Crippen LogP) is 5.49. The first-order valence-corrected chi connectivity index (χ1v) is 9.02. The van der Waals surface area contributed by atoms with Gasteiger partial charge in [-0.2, -0.15) is 0 Å². The summed E-state index contributed by atoms with van der Waals surface area (Å²) in [7, 11) is 0. The number of hydrogen-bond acceptors (Lipinski definition) is 2. The van der Waals surface area contributed by atoms with Gasteiger partial charge in [-0.05, 0) is 65.5 Å². The maximum Gasteiger partial charge on any atom is 0.265 e. The number of aryl methyl sites for hydroxylation is 2. The van der Waals surface area contributed by atoms with Gasteiger partial charge in [0.1, 0.15) is 5.75 Å². The van der Waals surface area contributed by atoms with Gasteiger partial charge in [-0.15, -0.1) is 0 Å². The number of hydrogen-bond donors (Lipinski definition) is 1. The highest BCUT2D eigenvalue weighted by Gasteiger charge is 2.18. The third kappa shape index (κ3) is 4.58. The van der Waals surface area contributed by atoms with E-state index in [0.29, 0.717) is 5.75 Å². The number of halogens is 2. The van der Waals surface area contributed by atoms with Crippen molar-refractivity contribution in [2.75, 3.05) is 5.32 Å². The molecular formula is C18H19Br2NO2. The lowest BCUT2D eigenvalue weighted by atomic mass is 10.1. The van der Waals surface area contributed by atoms with Crippen molar-refractivity contribution in [2.24, 2.45) is 0 Å². The number of carbonyl (C=O) groups excluding carboxylic acids is 1. The maximum absolute atomic E-state index is 12.5. The van der Waals surface area contributed by atoms with Crippen molar-refractivity contribution in [1.29, 1.82) is 0 Å². The van der Waals surface area contributed by atoms with Gasteiger partial charge < -0.3 is 10.1 Å². The van der Waals surface area contributed by atoms with E-state index in [1.807, 2.05) is 43.3 Å². The molecule has 2 aromatic carbocycles. The number of rotatable bonds is 5. The van der Waals surface area contributed by atoms with E-state index in [2.05, 4.69) is 44.1 Å². The van der Waals surface area contributed by atoms with Crippen LogP contribution in [0.1, 0.15) is 25.0 Å². The Morgan fingerprint density at radius 2 is 2.00 bits per heavy atom. The molecule has 1 atom stereocenters. The zero-order valence-corrected chi connectivity index (χ0v) is 16.5. The Balaban J connectivity index is 2.12. The van der Waals surface area contributed by atoms with E-state index >= 15 is 0 Å². The van der Waals surface area contributed by atoms with Gasteiger partial charge in [0.2, 0.25) is 0 Å². The van der Waals surface area contributed by atoms with Gasteiger partial charge in [0.05, 0.1) is 4.47 Å². The summed E-state index contributed by atoms with van der Waals surface area (Å²) in [5.74, 6) is 0.472. The summed E-state index contributed by atoms with van der Waals surface area (Å²) in [6.45, 7) is 5.81. The number of nitrogens with one attached hydrogen (secondary N) is 1. The Morgan fingerprint density at radius 1 is 1.26 bits per heavy atom. The summed E-state index contributed by atoms with van der Waals surface area (Å²) in [5.41, 5.74) is 3.05. The smallest absolute Gasteiger partial charge is 0.265 e. The van der Waals surface area contributed by atoms with Crippen LogP contribution in [0.25, 0.3) is 0 Å². The van der Waals surface area contributed by atoms with Crippen LogP contribution in [-0.2, 0) is 11.2 Å². The van der Waals surface area contributed by atoms with Crippen LogP contribution in [0.5, 0.6) is 5.75 Å². The molecule has 0 aliphatic rings. The van der Waals surface area contributed by atoms with Gasteiger partial charge in [0, 0.05) is 10.2 Å². The van der Waals surface area contributed by atoms with Crippen molar-refractivity contribution >= 4 is 43.5 Å². The second-order valence-electron chi connectivity index (χ2n) is 5.29. The van der Waals surface area contributed by atoms with Crippen molar-refractivity contribution in [3.63, 3.8) is 0 Å². The highest BCUT2D eigenvalue weighted by molar-refractivity contribution is 9.11. The number of amides is 1. The molecule has 0 aromatic heterocycles. The average molecular weight is 441 g/mol. The number of anilines is 1. The van der Waals surface area contributed by atoms with Crippen LogP contribution in [0.15, 0.2) is 45.3 Å². The molecule has 0 aliphatic heterocycles. The van der Waals surface area contributed by atoms with Crippen LogP contribution in [0.4, 0.5) is 5.69 Å². The van der Waals surface area contributed by atoms with E-state index in [-0.39, 0.29) is 5.91 Å². The van der Waals surface area contributed by atoms with E-state index in [1.54, 1.807) is 6.92 Å². The molecule has 1 N–H and O–H groups in total. The molecule has 3 nitrogen and oxygen atoms in total. The lowest BCUT2D eigenvalue weighted by Crippen LogP contribution is -2.30. The van der Waals surface area contributed by atoms with Gasteiger partial charge in [0.15, 0.2) is 6.10 Å². The molecule has 0 heterocycles. The molecule has 0 saturated heterocycles. The minimum Gasteiger partial charge on any atom is -0.480 e. The molecule has 23 heavy (non-hydrogen) atoms. The molecule has 122 valence electrons. The van der Waals surface area contributed by atoms with Gasteiger partial charge in [0.25, 0.3) is 5.91 Å².